The second kappa shape index (κ2) is 10.9. The SMILES string of the molecule is Cc1nc(COc2cccc(/C=C/C(=O)N3CCC(C(=O)Nc4ccccc4)CC3)c2)cs1. The Morgan fingerprint density at radius 3 is 2.67 bits per heavy atom. The molecule has 3 aromatic rings. The predicted molar refractivity (Wildman–Crippen MR) is 131 cm³/mol. The minimum absolute atomic E-state index is 0.0217. The van der Waals surface area contributed by atoms with Crippen molar-refractivity contribution in [1.82, 2.24) is 9.88 Å². The molecule has 2 heterocycles. The molecule has 0 atom stereocenters. The van der Waals surface area contributed by atoms with Gasteiger partial charge in [0.05, 0.1) is 10.7 Å². The molecule has 0 spiro atoms. The molecule has 170 valence electrons. The highest BCUT2D eigenvalue weighted by Gasteiger charge is 2.26. The van der Waals surface area contributed by atoms with Crippen LogP contribution in [0.5, 0.6) is 5.75 Å². The highest BCUT2D eigenvalue weighted by molar-refractivity contribution is 7.09. The van der Waals surface area contributed by atoms with E-state index in [4.69, 9.17) is 4.74 Å². The molecule has 1 saturated heterocycles. The van der Waals surface area contributed by atoms with E-state index in [1.54, 1.807) is 28.4 Å². The molecule has 33 heavy (non-hydrogen) atoms. The van der Waals surface area contributed by atoms with E-state index in [0.29, 0.717) is 32.5 Å². The van der Waals surface area contributed by atoms with Gasteiger partial charge < -0.3 is 15.0 Å². The lowest BCUT2D eigenvalue weighted by Crippen LogP contribution is -2.40. The van der Waals surface area contributed by atoms with Crippen LogP contribution >= 0.6 is 11.3 Å². The smallest absolute Gasteiger partial charge is 0.246 e. The van der Waals surface area contributed by atoms with Crippen LogP contribution in [0.1, 0.15) is 29.1 Å². The van der Waals surface area contributed by atoms with Gasteiger partial charge in [-0.05, 0) is 55.7 Å². The number of hydrogen-bond acceptors (Lipinski definition) is 5. The molecule has 1 aromatic heterocycles. The number of rotatable bonds is 7. The summed E-state index contributed by atoms with van der Waals surface area (Å²) in [6, 6.07) is 17.1. The Hall–Kier alpha value is -3.45. The molecule has 6 nitrogen and oxygen atoms in total. The molecule has 1 N–H and O–H groups in total. The van der Waals surface area contributed by atoms with Gasteiger partial charge in [0, 0.05) is 36.2 Å². The Bertz CT molecular complexity index is 1120. The topological polar surface area (TPSA) is 71.5 Å². The predicted octanol–water partition coefficient (Wildman–Crippen LogP) is 4.92. The van der Waals surface area contributed by atoms with Gasteiger partial charge in [0.2, 0.25) is 11.8 Å². The van der Waals surface area contributed by atoms with Crippen molar-refractivity contribution in [1.29, 1.82) is 0 Å². The number of carbonyl (C=O) groups excluding carboxylic acids is 2. The molecule has 0 aliphatic carbocycles. The van der Waals surface area contributed by atoms with E-state index in [1.165, 1.54) is 0 Å². The quantitative estimate of drug-likeness (QED) is 0.507. The molecular formula is C26H27N3O3S. The third-order valence-electron chi connectivity index (χ3n) is 5.55. The molecule has 7 heteroatoms. The number of aromatic nitrogens is 1. The summed E-state index contributed by atoms with van der Waals surface area (Å²) in [5, 5.41) is 5.97. The van der Waals surface area contributed by atoms with Gasteiger partial charge in [0.1, 0.15) is 12.4 Å². The second-order valence-corrected chi connectivity index (χ2v) is 9.07. The standard InChI is InChI=1S/C26H27N3O3S/c1-19-27-23(18-33-19)17-32-24-9-5-6-20(16-24)10-11-25(30)29-14-12-21(13-15-29)26(31)28-22-7-3-2-4-8-22/h2-11,16,18,21H,12-15,17H2,1H3,(H,28,31)/b11-10+. The first kappa shape index (κ1) is 22.7. The summed E-state index contributed by atoms with van der Waals surface area (Å²) in [7, 11) is 0. The van der Waals surface area contributed by atoms with E-state index in [1.807, 2.05) is 66.9 Å². The molecule has 0 bridgehead atoms. The van der Waals surface area contributed by atoms with Gasteiger partial charge in [-0.25, -0.2) is 4.98 Å². The number of likely N-dealkylation sites (tertiary alicyclic amines) is 1. The van der Waals surface area contributed by atoms with Crippen molar-refractivity contribution in [2.24, 2.45) is 5.92 Å². The van der Waals surface area contributed by atoms with Crippen LogP contribution in [0.3, 0.4) is 0 Å². The minimum Gasteiger partial charge on any atom is -0.487 e. The van der Waals surface area contributed by atoms with E-state index >= 15 is 0 Å². The van der Waals surface area contributed by atoms with Crippen LogP contribution in [-0.4, -0.2) is 34.8 Å². The van der Waals surface area contributed by atoms with Crippen LogP contribution in [0.2, 0.25) is 0 Å². The van der Waals surface area contributed by atoms with Gasteiger partial charge in [-0.15, -0.1) is 11.3 Å². The first-order valence-electron chi connectivity index (χ1n) is 11.0. The van der Waals surface area contributed by atoms with Gasteiger partial charge in [-0.1, -0.05) is 30.3 Å². The number of anilines is 1. The molecule has 0 saturated carbocycles. The van der Waals surface area contributed by atoms with Gasteiger partial charge in [-0.2, -0.15) is 0 Å². The number of carbonyl (C=O) groups is 2. The molecule has 2 aromatic carbocycles. The van der Waals surface area contributed by atoms with Gasteiger partial charge in [-0.3, -0.25) is 9.59 Å². The summed E-state index contributed by atoms with van der Waals surface area (Å²) in [6.45, 7) is 3.54. The summed E-state index contributed by atoms with van der Waals surface area (Å²) in [6.07, 6.45) is 4.72. The molecule has 0 radical (unpaired) electrons. The number of ether oxygens (including phenoxy) is 1. The summed E-state index contributed by atoms with van der Waals surface area (Å²) in [4.78, 5) is 31.3. The van der Waals surface area contributed by atoms with Crippen LogP contribution in [0.15, 0.2) is 66.1 Å². The van der Waals surface area contributed by atoms with Gasteiger partial charge >= 0.3 is 0 Å². The Morgan fingerprint density at radius 1 is 1.15 bits per heavy atom. The zero-order valence-electron chi connectivity index (χ0n) is 18.6. The summed E-state index contributed by atoms with van der Waals surface area (Å²) in [5.41, 5.74) is 2.61. The van der Waals surface area contributed by atoms with Crippen molar-refractivity contribution < 1.29 is 14.3 Å². The molecule has 1 aliphatic rings. The Kier molecular flexibility index (Phi) is 7.52. The van der Waals surface area contributed by atoms with Gasteiger partial charge in [0.25, 0.3) is 0 Å². The maximum absolute atomic E-state index is 12.6. The van der Waals surface area contributed by atoms with Crippen LogP contribution in [0.25, 0.3) is 6.08 Å². The normalized spacial score (nSPS) is 14.4. The third-order valence-corrected chi connectivity index (χ3v) is 6.37. The number of nitrogens with one attached hydrogen (secondary N) is 1. The van der Waals surface area contributed by atoms with E-state index in [9.17, 15) is 9.59 Å². The Labute approximate surface area is 197 Å². The number of benzene rings is 2. The van der Waals surface area contributed by atoms with Crippen LogP contribution in [-0.2, 0) is 16.2 Å². The van der Waals surface area contributed by atoms with E-state index in [-0.39, 0.29) is 17.7 Å². The second-order valence-electron chi connectivity index (χ2n) is 8.01. The third kappa shape index (κ3) is 6.52. The van der Waals surface area contributed by atoms with E-state index in [0.717, 1.165) is 27.7 Å². The zero-order valence-corrected chi connectivity index (χ0v) is 19.4. The lowest BCUT2D eigenvalue weighted by atomic mass is 9.95. The van der Waals surface area contributed by atoms with Crippen molar-refractivity contribution in [3.63, 3.8) is 0 Å². The minimum atomic E-state index is -0.0754. The number of piperidine rings is 1. The van der Waals surface area contributed by atoms with Gasteiger partial charge in [0.15, 0.2) is 0 Å². The molecule has 2 amide bonds. The Morgan fingerprint density at radius 2 is 1.94 bits per heavy atom. The van der Waals surface area contributed by atoms with Crippen molar-refractivity contribution in [2.45, 2.75) is 26.4 Å². The van der Waals surface area contributed by atoms with Crippen molar-refractivity contribution in [3.8, 4) is 5.75 Å². The maximum atomic E-state index is 12.6. The molecule has 0 unspecified atom stereocenters. The van der Waals surface area contributed by atoms with E-state index < -0.39 is 0 Å². The summed E-state index contributed by atoms with van der Waals surface area (Å²) < 4.78 is 5.82. The van der Waals surface area contributed by atoms with Crippen LogP contribution in [0, 0.1) is 12.8 Å². The average molecular weight is 462 g/mol. The summed E-state index contributed by atoms with van der Waals surface area (Å²) >= 11 is 1.60. The number of aryl methyl sites for hydroxylation is 1. The Balaban J connectivity index is 1.25. The van der Waals surface area contributed by atoms with Crippen molar-refractivity contribution in [2.75, 3.05) is 18.4 Å². The highest BCUT2D eigenvalue weighted by Crippen LogP contribution is 2.21. The van der Waals surface area contributed by atoms with Crippen LogP contribution in [0.4, 0.5) is 5.69 Å². The van der Waals surface area contributed by atoms with Crippen molar-refractivity contribution in [3.05, 3.63) is 82.3 Å². The molecule has 1 fully saturated rings. The first-order chi connectivity index (χ1) is 16.1. The molecular weight excluding hydrogens is 434 g/mol. The monoisotopic (exact) mass is 461 g/mol. The number of amides is 2. The largest absolute Gasteiger partial charge is 0.487 e. The molecule has 4 rings (SSSR count). The average Bonchev–Trinajstić information content (AvgIpc) is 3.27. The lowest BCUT2D eigenvalue weighted by molar-refractivity contribution is -0.130. The lowest BCUT2D eigenvalue weighted by Gasteiger charge is -2.30. The number of nitrogens with zero attached hydrogens (tertiary/aromatic N) is 2. The highest BCUT2D eigenvalue weighted by atomic mass is 32.1. The first-order valence-corrected chi connectivity index (χ1v) is 11.9. The maximum Gasteiger partial charge on any atom is 0.246 e. The number of thiazole rings is 1. The van der Waals surface area contributed by atoms with Crippen LogP contribution < -0.4 is 10.1 Å². The fourth-order valence-electron chi connectivity index (χ4n) is 3.74. The fourth-order valence-corrected chi connectivity index (χ4v) is 4.34. The number of hydrogen-bond donors (Lipinski definition) is 1. The van der Waals surface area contributed by atoms with Crippen molar-refractivity contribution >= 4 is 34.9 Å². The summed E-state index contributed by atoms with van der Waals surface area (Å²) in [5.74, 6) is 0.642. The van der Waals surface area contributed by atoms with E-state index in [2.05, 4.69) is 10.3 Å². The molecule has 1 aliphatic heterocycles. The fraction of sp³-hybridized carbons (Fsp3) is 0.269. The number of para-hydroxylation sites is 1. The zero-order chi connectivity index (χ0) is 23.0.